The molecule has 1 N–H and O–H groups in total. The molecular weight excluding hydrogens is 218 g/mol. The van der Waals surface area contributed by atoms with E-state index in [2.05, 4.69) is 0 Å². The van der Waals surface area contributed by atoms with Crippen LogP contribution in [-0.4, -0.2) is 17.7 Å². The van der Waals surface area contributed by atoms with Crippen molar-refractivity contribution in [1.29, 1.82) is 5.26 Å². The Morgan fingerprint density at radius 2 is 2.12 bits per heavy atom. The molecule has 0 heterocycles. The molecule has 0 atom stereocenters. The summed E-state index contributed by atoms with van der Waals surface area (Å²) in [6.07, 6.45) is 0.569. The van der Waals surface area contributed by atoms with Crippen molar-refractivity contribution in [3.05, 3.63) is 34.4 Å². The quantitative estimate of drug-likeness (QED) is 0.805. The van der Waals surface area contributed by atoms with Gasteiger partial charge in [-0.3, -0.25) is 0 Å². The van der Waals surface area contributed by atoms with Crippen molar-refractivity contribution in [3.8, 4) is 6.07 Å². The SMILES string of the molecule is CCOC(=O)c1ccc(C#N)c(CO)c1CC. The average molecular weight is 233 g/mol. The van der Waals surface area contributed by atoms with Crippen LogP contribution in [0.5, 0.6) is 0 Å². The summed E-state index contributed by atoms with van der Waals surface area (Å²) in [7, 11) is 0. The van der Waals surface area contributed by atoms with Crippen LogP contribution in [0.4, 0.5) is 0 Å². The van der Waals surface area contributed by atoms with Gasteiger partial charge in [-0.25, -0.2) is 4.79 Å². The van der Waals surface area contributed by atoms with Crippen molar-refractivity contribution in [1.82, 2.24) is 0 Å². The second-order valence-electron chi connectivity index (χ2n) is 3.46. The van der Waals surface area contributed by atoms with Gasteiger partial charge in [-0.05, 0) is 36.6 Å². The predicted octanol–water partition coefficient (Wildman–Crippen LogP) is 1.79. The smallest absolute Gasteiger partial charge is 0.338 e. The molecular formula is C13H15NO3. The van der Waals surface area contributed by atoms with E-state index in [9.17, 15) is 9.90 Å². The minimum Gasteiger partial charge on any atom is -0.462 e. The van der Waals surface area contributed by atoms with Crippen molar-refractivity contribution in [2.24, 2.45) is 0 Å². The molecule has 17 heavy (non-hydrogen) atoms. The lowest BCUT2D eigenvalue weighted by molar-refractivity contribution is 0.0525. The third-order valence-corrected chi connectivity index (χ3v) is 2.56. The lowest BCUT2D eigenvalue weighted by Crippen LogP contribution is -2.11. The summed E-state index contributed by atoms with van der Waals surface area (Å²) in [6, 6.07) is 5.12. The number of benzene rings is 1. The topological polar surface area (TPSA) is 70.3 Å². The number of ether oxygens (including phenoxy) is 1. The Labute approximate surface area is 100 Å². The molecule has 0 fully saturated rings. The molecule has 1 aromatic carbocycles. The Morgan fingerprint density at radius 1 is 1.41 bits per heavy atom. The minimum absolute atomic E-state index is 0.251. The molecule has 1 aromatic rings. The number of esters is 1. The molecule has 0 amide bonds. The first-order valence-electron chi connectivity index (χ1n) is 5.52. The van der Waals surface area contributed by atoms with Crippen LogP contribution in [0, 0.1) is 11.3 Å². The second-order valence-corrected chi connectivity index (χ2v) is 3.46. The minimum atomic E-state index is -0.413. The van der Waals surface area contributed by atoms with E-state index in [1.807, 2.05) is 13.0 Å². The Bertz CT molecular complexity index is 460. The number of aliphatic hydroxyl groups is 1. The van der Waals surface area contributed by atoms with Crippen LogP contribution in [0.25, 0.3) is 0 Å². The predicted molar refractivity (Wildman–Crippen MR) is 62.4 cm³/mol. The third kappa shape index (κ3) is 2.63. The number of hydrogen-bond acceptors (Lipinski definition) is 4. The van der Waals surface area contributed by atoms with Gasteiger partial charge in [0.2, 0.25) is 0 Å². The normalized spacial score (nSPS) is 9.76. The van der Waals surface area contributed by atoms with Gasteiger partial charge in [0, 0.05) is 0 Å². The van der Waals surface area contributed by atoms with Crippen LogP contribution in [0.3, 0.4) is 0 Å². The van der Waals surface area contributed by atoms with Gasteiger partial charge in [-0.15, -0.1) is 0 Å². The van der Waals surface area contributed by atoms with Gasteiger partial charge in [-0.2, -0.15) is 5.26 Å². The summed E-state index contributed by atoms with van der Waals surface area (Å²) >= 11 is 0. The van der Waals surface area contributed by atoms with Crippen molar-refractivity contribution >= 4 is 5.97 Å². The van der Waals surface area contributed by atoms with E-state index in [1.165, 1.54) is 6.07 Å². The summed E-state index contributed by atoms with van der Waals surface area (Å²) in [5.41, 5.74) is 2.03. The zero-order valence-electron chi connectivity index (χ0n) is 9.99. The molecule has 0 saturated carbocycles. The molecule has 0 bridgehead atoms. The highest BCUT2D eigenvalue weighted by Crippen LogP contribution is 2.21. The first kappa shape index (κ1) is 13.2. The lowest BCUT2D eigenvalue weighted by atomic mass is 9.95. The zero-order chi connectivity index (χ0) is 12.8. The zero-order valence-corrected chi connectivity index (χ0v) is 9.99. The van der Waals surface area contributed by atoms with Gasteiger partial charge in [0.15, 0.2) is 0 Å². The standard InChI is InChI=1S/C13H15NO3/c1-3-10-11(13(16)17-4-2)6-5-9(7-14)12(10)8-15/h5-6,15H,3-4,8H2,1-2H3. The molecule has 0 aliphatic carbocycles. The first-order chi connectivity index (χ1) is 8.19. The Balaban J connectivity index is 3.34. The van der Waals surface area contributed by atoms with E-state index in [0.717, 1.165) is 0 Å². The van der Waals surface area contributed by atoms with Gasteiger partial charge in [-0.1, -0.05) is 6.92 Å². The van der Waals surface area contributed by atoms with Crippen LogP contribution in [0.1, 0.15) is 40.9 Å². The molecule has 0 spiro atoms. The van der Waals surface area contributed by atoms with E-state index in [4.69, 9.17) is 10.00 Å². The van der Waals surface area contributed by atoms with Crippen LogP contribution in [0.2, 0.25) is 0 Å². The summed E-state index contributed by atoms with van der Waals surface area (Å²) in [4.78, 5) is 11.7. The van der Waals surface area contributed by atoms with Gasteiger partial charge >= 0.3 is 5.97 Å². The van der Waals surface area contributed by atoms with Crippen LogP contribution in [0.15, 0.2) is 12.1 Å². The van der Waals surface area contributed by atoms with Gasteiger partial charge in [0.1, 0.15) is 0 Å². The number of nitrogens with zero attached hydrogens (tertiary/aromatic N) is 1. The number of rotatable bonds is 4. The van der Waals surface area contributed by atoms with E-state index >= 15 is 0 Å². The summed E-state index contributed by atoms with van der Waals surface area (Å²) < 4.78 is 4.94. The Kier molecular flexibility index (Phi) is 4.68. The largest absolute Gasteiger partial charge is 0.462 e. The maximum Gasteiger partial charge on any atom is 0.338 e. The van der Waals surface area contributed by atoms with Gasteiger partial charge in [0.25, 0.3) is 0 Å². The van der Waals surface area contributed by atoms with E-state index < -0.39 is 5.97 Å². The number of carbonyl (C=O) groups excluding carboxylic acids is 1. The average Bonchev–Trinajstić information content (AvgIpc) is 2.36. The first-order valence-corrected chi connectivity index (χ1v) is 5.52. The third-order valence-electron chi connectivity index (χ3n) is 2.56. The van der Waals surface area contributed by atoms with Crippen LogP contribution in [-0.2, 0) is 17.8 Å². The van der Waals surface area contributed by atoms with E-state index in [0.29, 0.717) is 35.3 Å². The fourth-order valence-electron chi connectivity index (χ4n) is 1.78. The van der Waals surface area contributed by atoms with Crippen LogP contribution < -0.4 is 0 Å². The number of aliphatic hydroxyl groups excluding tert-OH is 1. The molecule has 4 heteroatoms. The fraction of sp³-hybridized carbons (Fsp3) is 0.385. The monoisotopic (exact) mass is 233 g/mol. The molecule has 0 saturated heterocycles. The Morgan fingerprint density at radius 3 is 2.59 bits per heavy atom. The van der Waals surface area contributed by atoms with Crippen LogP contribution >= 0.6 is 0 Å². The highest BCUT2D eigenvalue weighted by atomic mass is 16.5. The second kappa shape index (κ2) is 6.02. The number of hydrogen-bond donors (Lipinski definition) is 1. The molecule has 0 aromatic heterocycles. The van der Waals surface area contributed by atoms with Crippen molar-refractivity contribution < 1.29 is 14.6 Å². The Hall–Kier alpha value is -1.86. The van der Waals surface area contributed by atoms with Crippen molar-refractivity contribution in [2.75, 3.05) is 6.61 Å². The molecule has 1 rings (SSSR count). The van der Waals surface area contributed by atoms with Gasteiger partial charge in [0.05, 0.1) is 30.4 Å². The molecule has 0 unspecified atom stereocenters. The van der Waals surface area contributed by atoms with E-state index in [1.54, 1.807) is 13.0 Å². The number of nitriles is 1. The van der Waals surface area contributed by atoms with E-state index in [-0.39, 0.29) is 6.61 Å². The highest BCUT2D eigenvalue weighted by Gasteiger charge is 2.17. The van der Waals surface area contributed by atoms with Gasteiger partial charge < -0.3 is 9.84 Å². The summed E-state index contributed by atoms with van der Waals surface area (Å²) in [5, 5.41) is 18.2. The molecule has 90 valence electrons. The molecule has 0 aliphatic heterocycles. The van der Waals surface area contributed by atoms with Crippen molar-refractivity contribution in [3.63, 3.8) is 0 Å². The molecule has 4 nitrogen and oxygen atoms in total. The highest BCUT2D eigenvalue weighted by molar-refractivity contribution is 5.91. The lowest BCUT2D eigenvalue weighted by Gasteiger charge is -2.12. The number of carbonyl (C=O) groups is 1. The van der Waals surface area contributed by atoms with Crippen molar-refractivity contribution in [2.45, 2.75) is 26.9 Å². The molecule has 0 radical (unpaired) electrons. The fourth-order valence-corrected chi connectivity index (χ4v) is 1.78. The molecule has 0 aliphatic rings. The summed E-state index contributed by atoms with van der Waals surface area (Å²) in [6.45, 7) is 3.66. The maximum atomic E-state index is 11.7. The maximum absolute atomic E-state index is 11.7. The summed E-state index contributed by atoms with van der Waals surface area (Å²) in [5.74, 6) is -0.413.